The van der Waals surface area contributed by atoms with Gasteiger partial charge in [0, 0.05) is 36.5 Å². The summed E-state index contributed by atoms with van der Waals surface area (Å²) in [5, 5.41) is 24.4. The van der Waals surface area contributed by atoms with E-state index in [1.807, 2.05) is 19.9 Å². The predicted molar refractivity (Wildman–Crippen MR) is 97.6 cm³/mol. The van der Waals surface area contributed by atoms with Crippen molar-refractivity contribution in [3.05, 3.63) is 57.9 Å². The first kappa shape index (κ1) is 18.8. The summed E-state index contributed by atoms with van der Waals surface area (Å²) in [7, 11) is 0. The van der Waals surface area contributed by atoms with E-state index in [-0.39, 0.29) is 17.1 Å². The van der Waals surface area contributed by atoms with Crippen molar-refractivity contribution >= 4 is 23.5 Å². The third-order valence-electron chi connectivity index (χ3n) is 3.70. The Kier molecular flexibility index (Phi) is 6.20. The highest BCUT2D eigenvalue weighted by molar-refractivity contribution is 5.93. The van der Waals surface area contributed by atoms with Gasteiger partial charge in [0.1, 0.15) is 17.6 Å². The Morgan fingerprint density at radius 2 is 2.08 bits per heavy atom. The molecule has 1 heterocycles. The van der Waals surface area contributed by atoms with E-state index in [1.54, 1.807) is 12.1 Å². The number of rotatable bonds is 7. The van der Waals surface area contributed by atoms with E-state index in [0.29, 0.717) is 5.56 Å². The Balaban J connectivity index is 2.03. The minimum Gasteiger partial charge on any atom is -0.507 e. The molecule has 0 unspecified atom stereocenters. The fourth-order valence-corrected chi connectivity index (χ4v) is 2.27. The Morgan fingerprint density at radius 3 is 2.62 bits per heavy atom. The lowest BCUT2D eigenvalue weighted by atomic mass is 10.2. The molecule has 0 saturated heterocycles. The van der Waals surface area contributed by atoms with Gasteiger partial charge in [-0.15, -0.1) is 0 Å². The third-order valence-corrected chi connectivity index (χ3v) is 3.70. The standard InChI is InChI=1S/C17H19N5O4/c1-3-21(4-2)13-6-5-12(16(23)9-13)10-19-20-17(24)15-8-7-14(11-18-15)22(25)26/h5-11,23H,3-4H2,1-2H3,(H,20,24)/b19-10+. The topological polar surface area (TPSA) is 121 Å². The highest BCUT2D eigenvalue weighted by atomic mass is 16.6. The molecule has 1 aromatic carbocycles. The number of aromatic hydroxyl groups is 1. The molecular formula is C17H19N5O4. The van der Waals surface area contributed by atoms with Gasteiger partial charge in [0.25, 0.3) is 11.6 Å². The van der Waals surface area contributed by atoms with Crippen molar-refractivity contribution in [1.82, 2.24) is 10.4 Å². The predicted octanol–water partition coefficient (Wildman–Crippen LogP) is 2.31. The van der Waals surface area contributed by atoms with Crippen molar-refractivity contribution in [2.24, 2.45) is 5.10 Å². The molecular weight excluding hydrogens is 338 g/mol. The van der Waals surface area contributed by atoms with Crippen LogP contribution in [-0.2, 0) is 0 Å². The number of phenolic OH excluding ortho intramolecular Hbond substituents is 1. The molecule has 136 valence electrons. The number of benzene rings is 1. The monoisotopic (exact) mass is 357 g/mol. The van der Waals surface area contributed by atoms with Gasteiger partial charge in [-0.05, 0) is 32.0 Å². The number of nitrogens with zero attached hydrogens (tertiary/aromatic N) is 4. The number of hydrogen-bond donors (Lipinski definition) is 2. The summed E-state index contributed by atoms with van der Waals surface area (Å²) >= 11 is 0. The number of nitrogens with one attached hydrogen (secondary N) is 1. The average Bonchev–Trinajstić information content (AvgIpc) is 2.64. The number of amides is 1. The van der Waals surface area contributed by atoms with Gasteiger partial charge in [-0.25, -0.2) is 10.4 Å². The van der Waals surface area contributed by atoms with Crippen LogP contribution in [0.4, 0.5) is 11.4 Å². The maximum Gasteiger partial charge on any atom is 0.289 e. The molecule has 0 atom stereocenters. The largest absolute Gasteiger partial charge is 0.507 e. The van der Waals surface area contributed by atoms with Crippen LogP contribution in [0, 0.1) is 10.1 Å². The molecule has 0 radical (unpaired) electrons. The second-order valence-electron chi connectivity index (χ2n) is 5.27. The third kappa shape index (κ3) is 4.53. The summed E-state index contributed by atoms with van der Waals surface area (Å²) in [6.45, 7) is 5.69. The average molecular weight is 357 g/mol. The van der Waals surface area contributed by atoms with Crippen LogP contribution in [0.2, 0.25) is 0 Å². The first-order valence-electron chi connectivity index (χ1n) is 7.98. The van der Waals surface area contributed by atoms with Gasteiger partial charge in [-0.3, -0.25) is 14.9 Å². The molecule has 0 saturated carbocycles. The number of carbonyl (C=O) groups is 1. The summed E-state index contributed by atoms with van der Waals surface area (Å²) in [5.41, 5.74) is 3.38. The Labute approximate surface area is 150 Å². The van der Waals surface area contributed by atoms with Crippen LogP contribution in [0.15, 0.2) is 41.6 Å². The number of carbonyl (C=O) groups excluding carboxylic acids is 1. The van der Waals surface area contributed by atoms with Gasteiger partial charge in [0.05, 0.1) is 11.1 Å². The number of phenols is 1. The lowest BCUT2D eigenvalue weighted by Crippen LogP contribution is -2.21. The highest BCUT2D eigenvalue weighted by Gasteiger charge is 2.10. The Bertz CT molecular complexity index is 816. The van der Waals surface area contributed by atoms with Crippen LogP contribution in [0.1, 0.15) is 29.9 Å². The molecule has 0 spiro atoms. The summed E-state index contributed by atoms with van der Waals surface area (Å²) < 4.78 is 0. The van der Waals surface area contributed by atoms with Crippen molar-refractivity contribution in [2.45, 2.75) is 13.8 Å². The number of hydrazone groups is 1. The lowest BCUT2D eigenvalue weighted by molar-refractivity contribution is -0.385. The highest BCUT2D eigenvalue weighted by Crippen LogP contribution is 2.23. The maximum atomic E-state index is 11.9. The first-order valence-corrected chi connectivity index (χ1v) is 7.98. The fraction of sp³-hybridized carbons (Fsp3) is 0.235. The van der Waals surface area contributed by atoms with E-state index in [4.69, 9.17) is 0 Å². The number of nitro groups is 1. The molecule has 0 fully saturated rings. The smallest absolute Gasteiger partial charge is 0.289 e. The van der Waals surface area contributed by atoms with E-state index in [0.717, 1.165) is 25.0 Å². The van der Waals surface area contributed by atoms with Gasteiger partial charge in [0.15, 0.2) is 0 Å². The maximum absolute atomic E-state index is 11.9. The van der Waals surface area contributed by atoms with Crippen LogP contribution in [-0.4, -0.2) is 40.2 Å². The number of hydrogen-bond acceptors (Lipinski definition) is 7. The zero-order chi connectivity index (χ0) is 19.1. The van der Waals surface area contributed by atoms with Gasteiger partial charge >= 0.3 is 0 Å². The van der Waals surface area contributed by atoms with Crippen molar-refractivity contribution in [3.63, 3.8) is 0 Å². The zero-order valence-electron chi connectivity index (χ0n) is 14.4. The van der Waals surface area contributed by atoms with Gasteiger partial charge in [0.2, 0.25) is 0 Å². The van der Waals surface area contributed by atoms with Crippen LogP contribution >= 0.6 is 0 Å². The first-order chi connectivity index (χ1) is 12.5. The minimum absolute atomic E-state index is 0.00569. The van der Waals surface area contributed by atoms with Gasteiger partial charge in [-0.1, -0.05) is 0 Å². The molecule has 1 amide bonds. The fourth-order valence-electron chi connectivity index (χ4n) is 2.27. The van der Waals surface area contributed by atoms with Crippen molar-refractivity contribution in [1.29, 1.82) is 0 Å². The minimum atomic E-state index is -0.615. The van der Waals surface area contributed by atoms with Crippen molar-refractivity contribution in [3.8, 4) is 5.75 Å². The summed E-state index contributed by atoms with van der Waals surface area (Å²) in [6, 6.07) is 7.60. The quantitative estimate of drug-likeness (QED) is 0.445. The molecule has 0 aliphatic rings. The molecule has 0 bridgehead atoms. The number of anilines is 1. The van der Waals surface area contributed by atoms with Crippen LogP contribution in [0.5, 0.6) is 5.75 Å². The van der Waals surface area contributed by atoms with E-state index >= 15 is 0 Å². The van der Waals surface area contributed by atoms with E-state index in [1.165, 1.54) is 18.3 Å². The molecule has 2 N–H and O–H groups in total. The van der Waals surface area contributed by atoms with Gasteiger partial charge in [-0.2, -0.15) is 5.10 Å². The zero-order valence-corrected chi connectivity index (χ0v) is 14.4. The SMILES string of the molecule is CCN(CC)c1ccc(/C=N/NC(=O)c2ccc([N+](=O)[O-])cn2)c(O)c1. The second kappa shape index (κ2) is 8.56. The molecule has 26 heavy (non-hydrogen) atoms. The van der Waals surface area contributed by atoms with Crippen LogP contribution < -0.4 is 10.3 Å². The molecule has 2 aromatic rings. The van der Waals surface area contributed by atoms with E-state index in [9.17, 15) is 20.0 Å². The summed E-state index contributed by atoms with van der Waals surface area (Å²) in [6.07, 6.45) is 2.31. The molecule has 1 aromatic heterocycles. The summed E-state index contributed by atoms with van der Waals surface area (Å²) in [5.74, 6) is -0.573. The lowest BCUT2D eigenvalue weighted by Gasteiger charge is -2.21. The van der Waals surface area contributed by atoms with E-state index < -0.39 is 10.8 Å². The molecule has 0 aliphatic carbocycles. The molecule has 0 aliphatic heterocycles. The number of pyridine rings is 1. The molecule has 9 heteroatoms. The normalized spacial score (nSPS) is 10.7. The van der Waals surface area contributed by atoms with Crippen molar-refractivity contribution < 1.29 is 14.8 Å². The summed E-state index contributed by atoms with van der Waals surface area (Å²) in [4.78, 5) is 27.7. The van der Waals surface area contributed by atoms with E-state index in [2.05, 4.69) is 20.4 Å². The van der Waals surface area contributed by atoms with Crippen LogP contribution in [0.25, 0.3) is 0 Å². The number of aromatic nitrogens is 1. The molecule has 2 rings (SSSR count). The second-order valence-corrected chi connectivity index (χ2v) is 5.27. The van der Waals surface area contributed by atoms with Gasteiger partial charge < -0.3 is 10.0 Å². The van der Waals surface area contributed by atoms with Crippen LogP contribution in [0.3, 0.4) is 0 Å². The Morgan fingerprint density at radius 1 is 1.35 bits per heavy atom. The molecule has 9 nitrogen and oxygen atoms in total. The Hall–Kier alpha value is -3.49. The van der Waals surface area contributed by atoms with Crippen molar-refractivity contribution in [2.75, 3.05) is 18.0 Å².